The molecule has 0 saturated carbocycles. The van der Waals surface area contributed by atoms with Crippen LogP contribution in [0.25, 0.3) is 0 Å². The SMILES string of the molecule is Cc1cccc(OCCCC(C#N)c2ccccc2Cl)c1C. The van der Waals surface area contributed by atoms with E-state index in [1.807, 2.05) is 36.4 Å². The van der Waals surface area contributed by atoms with Crippen molar-refractivity contribution in [2.75, 3.05) is 6.61 Å². The monoisotopic (exact) mass is 313 g/mol. The van der Waals surface area contributed by atoms with Gasteiger partial charge < -0.3 is 4.74 Å². The van der Waals surface area contributed by atoms with Gasteiger partial charge >= 0.3 is 0 Å². The number of nitrogens with zero attached hydrogens (tertiary/aromatic N) is 1. The molecule has 1 unspecified atom stereocenters. The van der Waals surface area contributed by atoms with E-state index in [-0.39, 0.29) is 5.92 Å². The summed E-state index contributed by atoms with van der Waals surface area (Å²) in [5.74, 6) is 0.738. The highest BCUT2D eigenvalue weighted by molar-refractivity contribution is 6.31. The third-order valence-electron chi connectivity index (χ3n) is 3.89. The van der Waals surface area contributed by atoms with Crippen molar-refractivity contribution in [1.82, 2.24) is 0 Å². The van der Waals surface area contributed by atoms with Crippen molar-refractivity contribution in [3.63, 3.8) is 0 Å². The number of nitriles is 1. The van der Waals surface area contributed by atoms with Crippen molar-refractivity contribution in [1.29, 1.82) is 5.26 Å². The number of hydrogen-bond acceptors (Lipinski definition) is 2. The molecule has 0 fully saturated rings. The van der Waals surface area contributed by atoms with Crippen molar-refractivity contribution in [3.8, 4) is 11.8 Å². The van der Waals surface area contributed by atoms with Gasteiger partial charge in [-0.15, -0.1) is 0 Å². The topological polar surface area (TPSA) is 33.0 Å². The van der Waals surface area contributed by atoms with Crippen LogP contribution in [0, 0.1) is 25.2 Å². The smallest absolute Gasteiger partial charge is 0.122 e. The van der Waals surface area contributed by atoms with E-state index in [2.05, 4.69) is 26.0 Å². The van der Waals surface area contributed by atoms with Crippen LogP contribution in [0.3, 0.4) is 0 Å². The van der Waals surface area contributed by atoms with Crippen LogP contribution in [-0.2, 0) is 0 Å². The molecule has 0 heterocycles. The molecule has 2 nitrogen and oxygen atoms in total. The fourth-order valence-corrected chi connectivity index (χ4v) is 2.66. The first kappa shape index (κ1) is 16.4. The van der Waals surface area contributed by atoms with E-state index in [1.54, 1.807) is 0 Å². The number of aryl methyl sites for hydroxylation is 1. The van der Waals surface area contributed by atoms with E-state index in [9.17, 15) is 5.26 Å². The Labute approximate surface area is 137 Å². The Hall–Kier alpha value is -1.98. The Morgan fingerprint density at radius 3 is 2.64 bits per heavy atom. The Kier molecular flexibility index (Phi) is 5.86. The molecular formula is C19H20ClNO. The zero-order chi connectivity index (χ0) is 15.9. The molecule has 2 aromatic carbocycles. The second kappa shape index (κ2) is 7.87. The van der Waals surface area contributed by atoms with Gasteiger partial charge in [0.15, 0.2) is 0 Å². The summed E-state index contributed by atoms with van der Waals surface area (Å²) < 4.78 is 5.84. The maximum atomic E-state index is 9.35. The summed E-state index contributed by atoms with van der Waals surface area (Å²) in [4.78, 5) is 0. The van der Waals surface area contributed by atoms with E-state index >= 15 is 0 Å². The molecule has 114 valence electrons. The highest BCUT2D eigenvalue weighted by Crippen LogP contribution is 2.28. The van der Waals surface area contributed by atoms with E-state index in [4.69, 9.17) is 16.3 Å². The molecule has 2 rings (SSSR count). The number of halogens is 1. The van der Waals surface area contributed by atoms with Gasteiger partial charge in [-0.2, -0.15) is 5.26 Å². The van der Waals surface area contributed by atoms with Gasteiger partial charge in [0.1, 0.15) is 5.75 Å². The molecule has 22 heavy (non-hydrogen) atoms. The van der Waals surface area contributed by atoms with Crippen molar-refractivity contribution in [2.24, 2.45) is 0 Å². The van der Waals surface area contributed by atoms with Gasteiger partial charge in [-0.1, -0.05) is 41.9 Å². The van der Waals surface area contributed by atoms with Gasteiger partial charge in [-0.25, -0.2) is 0 Å². The molecular weight excluding hydrogens is 294 g/mol. The second-order valence-corrected chi connectivity index (χ2v) is 5.80. The third-order valence-corrected chi connectivity index (χ3v) is 4.23. The van der Waals surface area contributed by atoms with Crippen LogP contribution in [0.15, 0.2) is 42.5 Å². The molecule has 0 amide bonds. The predicted molar refractivity (Wildman–Crippen MR) is 90.5 cm³/mol. The standard InChI is InChI=1S/C19H20ClNO/c1-14-7-5-11-19(15(14)2)22-12-6-8-16(13-21)17-9-3-4-10-18(17)20/h3-5,7,9-11,16H,6,8,12H2,1-2H3. The molecule has 0 aromatic heterocycles. The number of ether oxygens (including phenoxy) is 1. The summed E-state index contributed by atoms with van der Waals surface area (Å²) in [5.41, 5.74) is 3.30. The molecule has 0 spiro atoms. The molecule has 0 aliphatic carbocycles. The van der Waals surface area contributed by atoms with Crippen LogP contribution in [0.5, 0.6) is 5.75 Å². The van der Waals surface area contributed by atoms with Crippen molar-refractivity contribution < 1.29 is 4.74 Å². The molecule has 2 aromatic rings. The summed E-state index contributed by atoms with van der Waals surface area (Å²) in [6, 6.07) is 15.9. The molecule has 0 N–H and O–H groups in total. The Bertz CT molecular complexity index is 675. The maximum absolute atomic E-state index is 9.35. The predicted octanol–water partition coefficient (Wildman–Crippen LogP) is 5.42. The first-order valence-electron chi connectivity index (χ1n) is 7.46. The van der Waals surface area contributed by atoms with E-state index in [0.29, 0.717) is 11.6 Å². The summed E-state index contributed by atoms with van der Waals surface area (Å²) in [6.07, 6.45) is 1.56. The van der Waals surface area contributed by atoms with Crippen LogP contribution in [0.4, 0.5) is 0 Å². The molecule has 0 aliphatic heterocycles. The summed E-state index contributed by atoms with van der Waals surface area (Å²) in [7, 11) is 0. The fourth-order valence-electron chi connectivity index (χ4n) is 2.40. The minimum Gasteiger partial charge on any atom is -0.493 e. The van der Waals surface area contributed by atoms with Crippen LogP contribution < -0.4 is 4.74 Å². The lowest BCUT2D eigenvalue weighted by Gasteiger charge is -2.13. The average molecular weight is 314 g/mol. The molecule has 0 radical (unpaired) electrons. The second-order valence-electron chi connectivity index (χ2n) is 5.39. The maximum Gasteiger partial charge on any atom is 0.122 e. The van der Waals surface area contributed by atoms with E-state index in [0.717, 1.165) is 24.2 Å². The van der Waals surface area contributed by atoms with Crippen LogP contribution >= 0.6 is 11.6 Å². The Balaban J connectivity index is 1.89. The fraction of sp³-hybridized carbons (Fsp3) is 0.316. The van der Waals surface area contributed by atoms with Gasteiger partial charge in [0.2, 0.25) is 0 Å². The lowest BCUT2D eigenvalue weighted by Crippen LogP contribution is -2.03. The first-order valence-corrected chi connectivity index (χ1v) is 7.84. The molecule has 3 heteroatoms. The van der Waals surface area contributed by atoms with Crippen molar-refractivity contribution in [2.45, 2.75) is 32.6 Å². The summed E-state index contributed by atoms with van der Waals surface area (Å²) in [5, 5.41) is 10.0. The Morgan fingerprint density at radius 2 is 1.91 bits per heavy atom. The van der Waals surface area contributed by atoms with Crippen molar-refractivity contribution in [3.05, 3.63) is 64.2 Å². The third kappa shape index (κ3) is 4.02. The highest BCUT2D eigenvalue weighted by atomic mass is 35.5. The van der Waals surface area contributed by atoms with E-state index < -0.39 is 0 Å². The first-order chi connectivity index (χ1) is 10.6. The van der Waals surface area contributed by atoms with Gasteiger partial charge in [-0.3, -0.25) is 0 Å². The number of hydrogen-bond donors (Lipinski definition) is 0. The average Bonchev–Trinajstić information content (AvgIpc) is 2.52. The van der Waals surface area contributed by atoms with Crippen LogP contribution in [0.2, 0.25) is 5.02 Å². The van der Waals surface area contributed by atoms with Crippen molar-refractivity contribution >= 4 is 11.6 Å². The minimum absolute atomic E-state index is 0.184. The normalized spacial score (nSPS) is 11.7. The van der Waals surface area contributed by atoms with Crippen LogP contribution in [-0.4, -0.2) is 6.61 Å². The molecule has 0 aliphatic rings. The minimum atomic E-state index is -0.184. The van der Waals surface area contributed by atoms with Gasteiger partial charge in [0.25, 0.3) is 0 Å². The molecule has 1 atom stereocenters. The zero-order valence-corrected chi connectivity index (χ0v) is 13.7. The van der Waals surface area contributed by atoms with Gasteiger partial charge in [0, 0.05) is 5.02 Å². The quantitative estimate of drug-likeness (QED) is 0.667. The van der Waals surface area contributed by atoms with Gasteiger partial charge in [0.05, 0.1) is 18.6 Å². The summed E-state index contributed by atoms with van der Waals surface area (Å²) in [6.45, 7) is 4.74. The molecule has 0 saturated heterocycles. The number of benzene rings is 2. The van der Waals surface area contributed by atoms with Crippen LogP contribution in [0.1, 0.15) is 35.4 Å². The number of rotatable bonds is 6. The largest absolute Gasteiger partial charge is 0.493 e. The summed E-state index contributed by atoms with van der Waals surface area (Å²) >= 11 is 6.16. The lowest BCUT2D eigenvalue weighted by atomic mass is 9.96. The van der Waals surface area contributed by atoms with E-state index in [1.165, 1.54) is 11.1 Å². The highest BCUT2D eigenvalue weighted by Gasteiger charge is 2.13. The Morgan fingerprint density at radius 1 is 1.14 bits per heavy atom. The molecule has 0 bridgehead atoms. The lowest BCUT2D eigenvalue weighted by molar-refractivity contribution is 0.303. The van der Waals surface area contributed by atoms with Gasteiger partial charge in [-0.05, 0) is 55.5 Å². The zero-order valence-electron chi connectivity index (χ0n) is 13.0.